The molecule has 1 aliphatic carbocycles. The Bertz CT molecular complexity index is 291. The van der Waals surface area contributed by atoms with Gasteiger partial charge in [0.05, 0.1) is 0 Å². The van der Waals surface area contributed by atoms with Crippen molar-refractivity contribution in [1.82, 2.24) is 20.1 Å². The van der Waals surface area contributed by atoms with Crippen LogP contribution < -0.4 is 0 Å². The number of hydrogen-bond acceptors (Lipinski definition) is 3. The molecule has 1 aromatic rings. The summed E-state index contributed by atoms with van der Waals surface area (Å²) in [5.41, 5.74) is 0. The van der Waals surface area contributed by atoms with Crippen LogP contribution >= 0.6 is 0 Å². The Hall–Kier alpha value is -1.39. The number of hydrogen-bond donors (Lipinski definition) is 1. The lowest BCUT2D eigenvalue weighted by Gasteiger charge is -2.14. The van der Waals surface area contributed by atoms with Gasteiger partial charge in [-0.25, -0.2) is 4.98 Å². The molecule has 0 radical (unpaired) electrons. The van der Waals surface area contributed by atoms with Crippen molar-refractivity contribution in [2.75, 3.05) is 13.6 Å². The molecule has 1 fully saturated rings. The van der Waals surface area contributed by atoms with Crippen molar-refractivity contribution in [3.63, 3.8) is 0 Å². The summed E-state index contributed by atoms with van der Waals surface area (Å²) in [4.78, 5) is 17.1. The predicted octanol–water partition coefficient (Wildman–Crippen LogP) is 0.287. The van der Waals surface area contributed by atoms with E-state index in [1.165, 1.54) is 19.2 Å². The highest BCUT2D eigenvalue weighted by atomic mass is 16.2. The van der Waals surface area contributed by atoms with Gasteiger partial charge in [0.15, 0.2) is 0 Å². The molecule has 0 unspecified atom stereocenters. The summed E-state index contributed by atoms with van der Waals surface area (Å²) in [7, 11) is 1.79. The molecule has 0 saturated heterocycles. The Morgan fingerprint density at radius 1 is 1.77 bits per heavy atom. The van der Waals surface area contributed by atoms with Gasteiger partial charge in [0.25, 0.3) is 5.91 Å². The van der Waals surface area contributed by atoms with Gasteiger partial charge in [0, 0.05) is 13.6 Å². The number of carbonyl (C=O) groups is 1. The van der Waals surface area contributed by atoms with E-state index < -0.39 is 0 Å². The Morgan fingerprint density at radius 2 is 2.54 bits per heavy atom. The highest BCUT2D eigenvalue weighted by Crippen LogP contribution is 2.29. The van der Waals surface area contributed by atoms with E-state index in [9.17, 15) is 4.79 Å². The van der Waals surface area contributed by atoms with Crippen LogP contribution in [0.15, 0.2) is 6.33 Å². The first kappa shape index (κ1) is 8.22. The molecule has 1 heterocycles. The molecule has 1 saturated carbocycles. The minimum atomic E-state index is -0.0793. The summed E-state index contributed by atoms with van der Waals surface area (Å²) in [6, 6.07) is 0. The average Bonchev–Trinajstić information content (AvgIpc) is 2.78. The minimum absolute atomic E-state index is 0.0793. The zero-order chi connectivity index (χ0) is 9.26. The smallest absolute Gasteiger partial charge is 0.290 e. The van der Waals surface area contributed by atoms with Gasteiger partial charge in [-0.2, -0.15) is 5.10 Å². The van der Waals surface area contributed by atoms with Gasteiger partial charge in [-0.15, -0.1) is 0 Å². The molecule has 0 bridgehead atoms. The number of H-pyrrole nitrogens is 1. The topological polar surface area (TPSA) is 61.9 Å². The van der Waals surface area contributed by atoms with Crippen LogP contribution in [0.25, 0.3) is 0 Å². The molecule has 1 N–H and O–H groups in total. The van der Waals surface area contributed by atoms with E-state index >= 15 is 0 Å². The highest BCUT2D eigenvalue weighted by molar-refractivity contribution is 5.90. The van der Waals surface area contributed by atoms with Crippen LogP contribution in [0, 0.1) is 5.92 Å². The summed E-state index contributed by atoms with van der Waals surface area (Å²) < 4.78 is 0. The Kier molecular flexibility index (Phi) is 2.00. The van der Waals surface area contributed by atoms with E-state index in [1.54, 1.807) is 11.9 Å². The largest absolute Gasteiger partial charge is 0.339 e. The van der Waals surface area contributed by atoms with E-state index in [2.05, 4.69) is 15.2 Å². The number of nitrogens with one attached hydrogen (secondary N) is 1. The first-order valence-electron chi connectivity index (χ1n) is 4.38. The molecule has 5 heteroatoms. The number of aromatic amines is 1. The molecule has 0 atom stereocenters. The van der Waals surface area contributed by atoms with Crippen molar-refractivity contribution < 1.29 is 4.79 Å². The number of amides is 1. The average molecular weight is 180 g/mol. The van der Waals surface area contributed by atoms with Crippen LogP contribution in [0.4, 0.5) is 0 Å². The Morgan fingerprint density at radius 3 is 3.08 bits per heavy atom. The van der Waals surface area contributed by atoms with Crippen LogP contribution in [0.2, 0.25) is 0 Å². The van der Waals surface area contributed by atoms with Gasteiger partial charge in [0.1, 0.15) is 6.33 Å². The molecule has 0 spiro atoms. The molecule has 1 amide bonds. The normalized spacial score (nSPS) is 15.8. The SMILES string of the molecule is CN(CC1CC1)C(=O)c1ncn[nH]1. The molecular formula is C8H12N4O. The maximum Gasteiger partial charge on any atom is 0.290 e. The van der Waals surface area contributed by atoms with Crippen molar-refractivity contribution in [1.29, 1.82) is 0 Å². The van der Waals surface area contributed by atoms with E-state index in [0.717, 1.165) is 6.54 Å². The Balaban J connectivity index is 1.95. The first-order chi connectivity index (χ1) is 6.27. The summed E-state index contributed by atoms with van der Waals surface area (Å²) in [5.74, 6) is 0.949. The summed E-state index contributed by atoms with van der Waals surface area (Å²) in [5, 5.41) is 6.20. The quantitative estimate of drug-likeness (QED) is 0.727. The molecule has 0 aliphatic heterocycles. The lowest BCUT2D eigenvalue weighted by molar-refractivity contribution is 0.0777. The fraction of sp³-hybridized carbons (Fsp3) is 0.625. The molecule has 13 heavy (non-hydrogen) atoms. The molecule has 70 valence electrons. The van der Waals surface area contributed by atoms with Crippen molar-refractivity contribution in [3.05, 3.63) is 12.2 Å². The number of carbonyl (C=O) groups excluding carboxylic acids is 1. The maximum atomic E-state index is 11.6. The van der Waals surface area contributed by atoms with Crippen molar-refractivity contribution >= 4 is 5.91 Å². The lowest BCUT2D eigenvalue weighted by Crippen LogP contribution is -2.29. The molecule has 1 aliphatic rings. The van der Waals surface area contributed by atoms with E-state index in [1.807, 2.05) is 0 Å². The minimum Gasteiger partial charge on any atom is -0.339 e. The molecule has 5 nitrogen and oxygen atoms in total. The third kappa shape index (κ3) is 1.85. The number of aromatic nitrogens is 3. The third-order valence-corrected chi connectivity index (χ3v) is 2.19. The fourth-order valence-corrected chi connectivity index (χ4v) is 1.26. The van der Waals surface area contributed by atoms with Crippen molar-refractivity contribution in [2.24, 2.45) is 5.92 Å². The van der Waals surface area contributed by atoms with E-state index in [0.29, 0.717) is 11.7 Å². The Labute approximate surface area is 76.2 Å². The van der Waals surface area contributed by atoms with Crippen LogP contribution in [-0.4, -0.2) is 39.6 Å². The van der Waals surface area contributed by atoms with Crippen LogP contribution in [0.3, 0.4) is 0 Å². The number of rotatable bonds is 3. The standard InChI is InChI=1S/C8H12N4O/c1-12(4-6-2-3-6)8(13)7-9-5-10-11-7/h5-6H,2-4H2,1H3,(H,9,10,11). The van der Waals surface area contributed by atoms with E-state index in [-0.39, 0.29) is 5.91 Å². The van der Waals surface area contributed by atoms with Crippen LogP contribution in [-0.2, 0) is 0 Å². The summed E-state index contributed by atoms with van der Waals surface area (Å²) in [6.45, 7) is 0.833. The van der Waals surface area contributed by atoms with Gasteiger partial charge in [-0.3, -0.25) is 9.89 Å². The molecule has 0 aromatic carbocycles. The predicted molar refractivity (Wildman–Crippen MR) is 46.1 cm³/mol. The van der Waals surface area contributed by atoms with Gasteiger partial charge in [-0.05, 0) is 18.8 Å². The zero-order valence-corrected chi connectivity index (χ0v) is 7.53. The second-order valence-corrected chi connectivity index (χ2v) is 3.46. The summed E-state index contributed by atoms with van der Waals surface area (Å²) in [6.07, 6.45) is 3.83. The zero-order valence-electron chi connectivity index (χ0n) is 7.53. The van der Waals surface area contributed by atoms with Crippen LogP contribution in [0.1, 0.15) is 23.5 Å². The second-order valence-electron chi connectivity index (χ2n) is 3.46. The molecule has 2 rings (SSSR count). The molecule has 1 aromatic heterocycles. The lowest BCUT2D eigenvalue weighted by atomic mass is 10.4. The summed E-state index contributed by atoms with van der Waals surface area (Å²) >= 11 is 0. The number of nitrogens with zero attached hydrogens (tertiary/aromatic N) is 3. The second kappa shape index (κ2) is 3.16. The molecular weight excluding hydrogens is 168 g/mol. The highest BCUT2D eigenvalue weighted by Gasteiger charge is 2.25. The maximum absolute atomic E-state index is 11.6. The van der Waals surface area contributed by atoms with Crippen LogP contribution in [0.5, 0.6) is 0 Å². The van der Waals surface area contributed by atoms with Crippen molar-refractivity contribution in [3.8, 4) is 0 Å². The first-order valence-corrected chi connectivity index (χ1v) is 4.38. The van der Waals surface area contributed by atoms with Crippen molar-refractivity contribution in [2.45, 2.75) is 12.8 Å². The monoisotopic (exact) mass is 180 g/mol. The van der Waals surface area contributed by atoms with Gasteiger partial charge in [-0.1, -0.05) is 0 Å². The third-order valence-electron chi connectivity index (χ3n) is 2.19. The van der Waals surface area contributed by atoms with E-state index in [4.69, 9.17) is 0 Å². The fourth-order valence-electron chi connectivity index (χ4n) is 1.26. The van der Waals surface area contributed by atoms with Gasteiger partial charge >= 0.3 is 0 Å². The van der Waals surface area contributed by atoms with Gasteiger partial charge < -0.3 is 4.90 Å². The van der Waals surface area contributed by atoms with Gasteiger partial charge in [0.2, 0.25) is 5.82 Å².